The van der Waals surface area contributed by atoms with Crippen LogP contribution >= 0.6 is 0 Å². The van der Waals surface area contributed by atoms with Gasteiger partial charge in [-0.05, 0) is 61.9 Å². The molecular formula is C26H34N8O. The van der Waals surface area contributed by atoms with Crippen LogP contribution in [0.3, 0.4) is 0 Å². The topological polar surface area (TPSA) is 100 Å². The van der Waals surface area contributed by atoms with Crippen molar-refractivity contribution in [2.75, 3.05) is 39.0 Å². The molecule has 9 heteroatoms. The maximum atomic E-state index is 12.9. The zero-order valence-electron chi connectivity index (χ0n) is 20.5. The zero-order valence-corrected chi connectivity index (χ0v) is 20.5. The molecule has 3 aromatic rings. The summed E-state index contributed by atoms with van der Waals surface area (Å²) in [5, 5.41) is 11.4. The van der Waals surface area contributed by atoms with Crippen molar-refractivity contribution >= 4 is 28.7 Å². The Bertz CT molecular complexity index is 1210. The SMILES string of the molecule is CN(C)C(=O)c1cc2cnc(Nc3ccc(C4CC5CNCC5CN4)cn3)nc2n1C1CCCC1. The van der Waals surface area contributed by atoms with Gasteiger partial charge in [-0.25, -0.2) is 9.97 Å². The lowest BCUT2D eigenvalue weighted by Gasteiger charge is -2.32. The summed E-state index contributed by atoms with van der Waals surface area (Å²) in [6.07, 6.45) is 9.41. The van der Waals surface area contributed by atoms with Crippen molar-refractivity contribution in [3.05, 3.63) is 41.9 Å². The zero-order chi connectivity index (χ0) is 23.9. The van der Waals surface area contributed by atoms with Crippen molar-refractivity contribution < 1.29 is 4.79 Å². The van der Waals surface area contributed by atoms with E-state index in [0.29, 0.717) is 29.5 Å². The molecule has 0 spiro atoms. The lowest BCUT2D eigenvalue weighted by Crippen LogP contribution is -2.38. The molecule has 6 rings (SSSR count). The number of amides is 1. The van der Waals surface area contributed by atoms with E-state index in [1.807, 2.05) is 18.3 Å². The molecular weight excluding hydrogens is 440 g/mol. The molecule has 2 saturated heterocycles. The standard InChI is InChI=1S/C26H34N8O/c1-33(2)25(35)22-10-18-14-30-26(32-24(18)34(22)20-5-3-4-6-20)31-23-8-7-16(13-29-23)21-9-17-11-27-12-19(17)15-28-21/h7-8,10,13-14,17,19-21,27-28H,3-6,9,11-12,15H2,1-2H3,(H,29,30,31,32). The number of rotatable bonds is 5. The number of nitrogens with one attached hydrogen (secondary N) is 3. The predicted molar refractivity (Wildman–Crippen MR) is 136 cm³/mol. The van der Waals surface area contributed by atoms with Gasteiger partial charge in [0, 0.05) is 50.5 Å². The Morgan fingerprint density at radius 2 is 1.91 bits per heavy atom. The summed E-state index contributed by atoms with van der Waals surface area (Å²) in [7, 11) is 3.58. The third kappa shape index (κ3) is 4.27. The van der Waals surface area contributed by atoms with Gasteiger partial charge in [0.05, 0.1) is 0 Å². The summed E-state index contributed by atoms with van der Waals surface area (Å²) in [5.74, 6) is 2.71. The number of nitrogens with zero attached hydrogens (tertiary/aromatic N) is 5. The van der Waals surface area contributed by atoms with Crippen molar-refractivity contribution in [1.29, 1.82) is 0 Å². The highest BCUT2D eigenvalue weighted by atomic mass is 16.2. The molecule has 2 aliphatic heterocycles. The normalized spacial score (nSPS) is 24.6. The Hall–Kier alpha value is -3.04. The average molecular weight is 475 g/mol. The van der Waals surface area contributed by atoms with Crippen LogP contribution in [0.15, 0.2) is 30.6 Å². The van der Waals surface area contributed by atoms with Gasteiger partial charge in [0.1, 0.15) is 17.2 Å². The molecule has 0 bridgehead atoms. The average Bonchev–Trinajstić information content (AvgIpc) is 3.62. The van der Waals surface area contributed by atoms with Crippen LogP contribution in [0, 0.1) is 11.8 Å². The number of piperidine rings is 1. The second-order valence-electron chi connectivity index (χ2n) is 10.5. The first-order valence-corrected chi connectivity index (χ1v) is 12.8. The molecule has 3 unspecified atom stereocenters. The fourth-order valence-corrected chi connectivity index (χ4v) is 6.03. The lowest BCUT2D eigenvalue weighted by atomic mass is 9.84. The monoisotopic (exact) mass is 474 g/mol. The van der Waals surface area contributed by atoms with Gasteiger partial charge in [-0.3, -0.25) is 4.79 Å². The number of pyridine rings is 1. The molecule has 9 nitrogen and oxygen atoms in total. The van der Waals surface area contributed by atoms with Crippen LogP contribution < -0.4 is 16.0 Å². The molecule has 3 aromatic heterocycles. The van der Waals surface area contributed by atoms with Gasteiger partial charge in [0.15, 0.2) is 0 Å². The maximum absolute atomic E-state index is 12.9. The molecule has 0 aromatic carbocycles. The Morgan fingerprint density at radius 1 is 1.09 bits per heavy atom. The van der Waals surface area contributed by atoms with Crippen LogP contribution in [0.1, 0.15) is 60.2 Å². The van der Waals surface area contributed by atoms with E-state index in [0.717, 1.165) is 61.8 Å². The maximum Gasteiger partial charge on any atom is 0.270 e. The van der Waals surface area contributed by atoms with Gasteiger partial charge in [0.2, 0.25) is 5.95 Å². The van der Waals surface area contributed by atoms with Gasteiger partial charge in [-0.2, -0.15) is 4.98 Å². The summed E-state index contributed by atoms with van der Waals surface area (Å²) in [6, 6.07) is 6.72. The third-order valence-corrected chi connectivity index (χ3v) is 7.96. The molecule has 1 amide bonds. The van der Waals surface area contributed by atoms with E-state index < -0.39 is 0 Å². The van der Waals surface area contributed by atoms with Crippen molar-refractivity contribution in [2.45, 2.75) is 44.2 Å². The first kappa shape index (κ1) is 22.4. The molecule has 1 aliphatic carbocycles. The number of hydrogen-bond donors (Lipinski definition) is 3. The first-order valence-electron chi connectivity index (χ1n) is 12.8. The van der Waals surface area contributed by atoms with Crippen LogP contribution in [0.4, 0.5) is 11.8 Å². The van der Waals surface area contributed by atoms with E-state index in [1.165, 1.54) is 18.4 Å². The number of fused-ring (bicyclic) bond motifs is 2. The second kappa shape index (κ2) is 9.20. The molecule has 3 N–H and O–H groups in total. The van der Waals surface area contributed by atoms with Gasteiger partial charge >= 0.3 is 0 Å². The predicted octanol–water partition coefficient (Wildman–Crippen LogP) is 3.26. The largest absolute Gasteiger partial charge is 0.343 e. The summed E-state index contributed by atoms with van der Waals surface area (Å²) in [5.41, 5.74) is 2.71. The van der Waals surface area contributed by atoms with Gasteiger partial charge in [-0.1, -0.05) is 18.9 Å². The smallest absolute Gasteiger partial charge is 0.270 e. The third-order valence-electron chi connectivity index (χ3n) is 7.96. The number of anilines is 2. The number of carbonyl (C=O) groups excluding carboxylic acids is 1. The first-order chi connectivity index (χ1) is 17.1. The Balaban J connectivity index is 1.24. The number of aromatic nitrogens is 4. The molecule has 0 radical (unpaired) electrons. The Labute approximate surface area is 205 Å². The highest BCUT2D eigenvalue weighted by Crippen LogP contribution is 2.35. The minimum atomic E-state index is -0.00214. The second-order valence-corrected chi connectivity index (χ2v) is 10.5. The van der Waals surface area contributed by atoms with Crippen molar-refractivity contribution in [3.63, 3.8) is 0 Å². The summed E-state index contributed by atoms with van der Waals surface area (Å²) in [4.78, 5) is 28.6. The van der Waals surface area contributed by atoms with Crippen LogP contribution in [0.25, 0.3) is 11.0 Å². The lowest BCUT2D eigenvalue weighted by molar-refractivity contribution is 0.0815. The van der Waals surface area contributed by atoms with Crippen molar-refractivity contribution in [3.8, 4) is 0 Å². The molecule has 184 valence electrons. The highest BCUT2D eigenvalue weighted by Gasteiger charge is 2.34. The molecule has 3 atom stereocenters. The number of hydrogen-bond acceptors (Lipinski definition) is 7. The van der Waals surface area contributed by atoms with Crippen LogP contribution in [-0.2, 0) is 0 Å². The molecule has 35 heavy (non-hydrogen) atoms. The van der Waals surface area contributed by atoms with E-state index in [-0.39, 0.29) is 5.91 Å². The minimum Gasteiger partial charge on any atom is -0.343 e. The van der Waals surface area contributed by atoms with Gasteiger partial charge in [-0.15, -0.1) is 0 Å². The Kier molecular flexibility index (Phi) is 5.89. The summed E-state index contributed by atoms with van der Waals surface area (Å²) >= 11 is 0. The minimum absolute atomic E-state index is 0.00214. The van der Waals surface area contributed by atoms with E-state index in [4.69, 9.17) is 4.98 Å². The quantitative estimate of drug-likeness (QED) is 0.522. The fourth-order valence-electron chi connectivity index (χ4n) is 6.03. The molecule has 5 heterocycles. The highest BCUT2D eigenvalue weighted by molar-refractivity contribution is 5.97. The van der Waals surface area contributed by atoms with Gasteiger partial charge < -0.3 is 25.4 Å². The fraction of sp³-hybridized carbons (Fsp3) is 0.538. The van der Waals surface area contributed by atoms with Crippen LogP contribution in [-0.4, -0.2) is 64.1 Å². The summed E-state index contributed by atoms with van der Waals surface area (Å²) in [6.45, 7) is 3.32. The van der Waals surface area contributed by atoms with E-state index in [2.05, 4.69) is 36.6 Å². The molecule has 1 saturated carbocycles. The summed E-state index contributed by atoms with van der Waals surface area (Å²) < 4.78 is 2.13. The van der Waals surface area contributed by atoms with Crippen LogP contribution in [0.5, 0.6) is 0 Å². The van der Waals surface area contributed by atoms with Crippen molar-refractivity contribution in [2.24, 2.45) is 11.8 Å². The van der Waals surface area contributed by atoms with E-state index >= 15 is 0 Å². The Morgan fingerprint density at radius 3 is 2.69 bits per heavy atom. The molecule has 3 fully saturated rings. The number of carbonyl (C=O) groups is 1. The van der Waals surface area contributed by atoms with Crippen molar-refractivity contribution in [1.82, 2.24) is 35.1 Å². The van der Waals surface area contributed by atoms with E-state index in [1.54, 1.807) is 25.2 Å². The van der Waals surface area contributed by atoms with Crippen LogP contribution in [0.2, 0.25) is 0 Å². The molecule has 3 aliphatic rings. The van der Waals surface area contributed by atoms with E-state index in [9.17, 15) is 4.79 Å². The van der Waals surface area contributed by atoms with Gasteiger partial charge in [0.25, 0.3) is 5.91 Å².